The van der Waals surface area contributed by atoms with Gasteiger partial charge in [0.25, 0.3) is 0 Å². The average Bonchev–Trinajstić information content (AvgIpc) is 2.82. The standard InChI is InChI=1S/C7H11NO3/c1-11-7(10)5(8)6(9)4-2-3-4/h4-5H,2-3,8H2,1H3. The maximum absolute atomic E-state index is 11.1. The molecule has 0 aromatic rings. The first-order chi connectivity index (χ1) is 5.16. The Balaban J connectivity index is 2.44. The molecule has 1 saturated carbocycles. The highest BCUT2D eigenvalue weighted by atomic mass is 16.5. The van der Waals surface area contributed by atoms with Crippen LogP contribution in [0.4, 0.5) is 0 Å². The van der Waals surface area contributed by atoms with Gasteiger partial charge in [-0.3, -0.25) is 4.79 Å². The van der Waals surface area contributed by atoms with E-state index in [-0.39, 0.29) is 11.7 Å². The number of nitrogens with two attached hydrogens (primary N) is 1. The van der Waals surface area contributed by atoms with Gasteiger partial charge >= 0.3 is 5.97 Å². The summed E-state index contributed by atoms with van der Waals surface area (Å²) in [7, 11) is 1.22. The summed E-state index contributed by atoms with van der Waals surface area (Å²) in [4.78, 5) is 21.8. The summed E-state index contributed by atoms with van der Waals surface area (Å²) < 4.78 is 4.33. The van der Waals surface area contributed by atoms with Crippen LogP contribution in [-0.2, 0) is 14.3 Å². The van der Waals surface area contributed by atoms with E-state index in [1.807, 2.05) is 0 Å². The molecule has 0 bridgehead atoms. The van der Waals surface area contributed by atoms with Gasteiger partial charge in [0.05, 0.1) is 7.11 Å². The molecule has 4 nitrogen and oxygen atoms in total. The molecule has 1 rings (SSSR count). The zero-order valence-corrected chi connectivity index (χ0v) is 6.37. The van der Waals surface area contributed by atoms with Crippen LogP contribution in [0.2, 0.25) is 0 Å². The number of carbonyl (C=O) groups excluding carboxylic acids is 2. The highest BCUT2D eigenvalue weighted by molar-refractivity contribution is 6.04. The lowest BCUT2D eigenvalue weighted by Gasteiger charge is -2.05. The Bertz CT molecular complexity index is 186. The first-order valence-electron chi connectivity index (χ1n) is 3.54. The van der Waals surface area contributed by atoms with E-state index in [4.69, 9.17) is 5.73 Å². The number of esters is 1. The van der Waals surface area contributed by atoms with Crippen molar-refractivity contribution in [3.8, 4) is 0 Å². The predicted molar refractivity (Wildman–Crippen MR) is 37.7 cm³/mol. The molecule has 0 saturated heterocycles. The molecule has 2 N–H and O–H groups in total. The Morgan fingerprint density at radius 3 is 2.45 bits per heavy atom. The first kappa shape index (κ1) is 8.20. The molecule has 4 heteroatoms. The molecular formula is C7H11NO3. The van der Waals surface area contributed by atoms with E-state index in [0.29, 0.717) is 0 Å². The second-order valence-corrected chi connectivity index (χ2v) is 2.68. The van der Waals surface area contributed by atoms with Crippen LogP contribution in [0.15, 0.2) is 0 Å². The number of hydrogen-bond acceptors (Lipinski definition) is 4. The first-order valence-corrected chi connectivity index (χ1v) is 3.54. The van der Waals surface area contributed by atoms with Crippen LogP contribution in [0.1, 0.15) is 12.8 Å². The van der Waals surface area contributed by atoms with Gasteiger partial charge < -0.3 is 10.5 Å². The van der Waals surface area contributed by atoms with Crippen LogP contribution in [-0.4, -0.2) is 24.9 Å². The number of ketones is 1. The lowest BCUT2D eigenvalue weighted by molar-refractivity contribution is -0.145. The zero-order chi connectivity index (χ0) is 8.43. The summed E-state index contributed by atoms with van der Waals surface area (Å²) in [6, 6.07) is -1.06. The molecule has 0 aromatic carbocycles. The van der Waals surface area contributed by atoms with Gasteiger partial charge in [-0.15, -0.1) is 0 Å². The molecule has 1 atom stereocenters. The lowest BCUT2D eigenvalue weighted by Crippen LogP contribution is -2.40. The maximum Gasteiger partial charge on any atom is 0.330 e. The monoisotopic (exact) mass is 157 g/mol. The topological polar surface area (TPSA) is 69.4 Å². The van der Waals surface area contributed by atoms with Crippen molar-refractivity contribution in [1.82, 2.24) is 0 Å². The van der Waals surface area contributed by atoms with E-state index in [1.54, 1.807) is 0 Å². The van der Waals surface area contributed by atoms with Gasteiger partial charge in [-0.1, -0.05) is 0 Å². The normalized spacial score (nSPS) is 19.1. The lowest BCUT2D eigenvalue weighted by atomic mass is 10.1. The van der Waals surface area contributed by atoms with Gasteiger partial charge in [0.2, 0.25) is 0 Å². The van der Waals surface area contributed by atoms with Crippen molar-refractivity contribution in [3.63, 3.8) is 0 Å². The largest absolute Gasteiger partial charge is 0.468 e. The van der Waals surface area contributed by atoms with Crippen LogP contribution >= 0.6 is 0 Å². The number of hydrogen-bond donors (Lipinski definition) is 1. The van der Waals surface area contributed by atoms with Crippen molar-refractivity contribution in [1.29, 1.82) is 0 Å². The summed E-state index contributed by atoms with van der Waals surface area (Å²) in [6.45, 7) is 0. The second-order valence-electron chi connectivity index (χ2n) is 2.68. The van der Waals surface area contributed by atoms with Crippen molar-refractivity contribution in [2.45, 2.75) is 18.9 Å². The van der Waals surface area contributed by atoms with Gasteiger partial charge in [-0.2, -0.15) is 0 Å². The van der Waals surface area contributed by atoms with E-state index in [2.05, 4.69) is 4.74 Å². The number of carbonyl (C=O) groups is 2. The van der Waals surface area contributed by atoms with Crippen molar-refractivity contribution in [3.05, 3.63) is 0 Å². The highest BCUT2D eigenvalue weighted by Gasteiger charge is 2.36. The summed E-state index contributed by atoms with van der Waals surface area (Å²) in [6.07, 6.45) is 1.73. The molecule has 1 aliphatic rings. The van der Waals surface area contributed by atoms with Crippen molar-refractivity contribution >= 4 is 11.8 Å². The van der Waals surface area contributed by atoms with Crippen LogP contribution in [0.3, 0.4) is 0 Å². The predicted octanol–water partition coefficient (Wildman–Crippen LogP) is -0.534. The molecule has 1 aliphatic carbocycles. The third-order valence-corrected chi connectivity index (χ3v) is 1.74. The molecule has 0 heterocycles. The van der Waals surface area contributed by atoms with E-state index in [1.165, 1.54) is 7.11 Å². The van der Waals surface area contributed by atoms with Gasteiger partial charge in [-0.05, 0) is 12.8 Å². The molecule has 1 unspecified atom stereocenters. The fourth-order valence-corrected chi connectivity index (χ4v) is 0.865. The Morgan fingerprint density at radius 2 is 2.09 bits per heavy atom. The van der Waals surface area contributed by atoms with Crippen molar-refractivity contribution in [2.75, 3.05) is 7.11 Å². The second kappa shape index (κ2) is 3.00. The van der Waals surface area contributed by atoms with Gasteiger partial charge in [0.15, 0.2) is 11.8 Å². The Hall–Kier alpha value is -0.900. The SMILES string of the molecule is COC(=O)C(N)C(=O)C1CC1. The Labute approximate surface area is 64.7 Å². The fraction of sp³-hybridized carbons (Fsp3) is 0.714. The number of methoxy groups -OCH3 is 1. The smallest absolute Gasteiger partial charge is 0.330 e. The van der Waals surface area contributed by atoms with E-state index < -0.39 is 12.0 Å². The third-order valence-electron chi connectivity index (χ3n) is 1.74. The molecule has 0 radical (unpaired) electrons. The third kappa shape index (κ3) is 1.77. The molecule has 0 aliphatic heterocycles. The van der Waals surface area contributed by atoms with Gasteiger partial charge in [-0.25, -0.2) is 4.79 Å². The van der Waals surface area contributed by atoms with Gasteiger partial charge in [0, 0.05) is 5.92 Å². The minimum Gasteiger partial charge on any atom is -0.468 e. The number of ether oxygens (including phenoxy) is 1. The fourth-order valence-electron chi connectivity index (χ4n) is 0.865. The summed E-state index contributed by atoms with van der Waals surface area (Å²) in [5, 5.41) is 0. The molecule has 1 fully saturated rings. The van der Waals surface area contributed by atoms with Crippen LogP contribution in [0, 0.1) is 5.92 Å². The van der Waals surface area contributed by atoms with Crippen molar-refractivity contribution < 1.29 is 14.3 Å². The van der Waals surface area contributed by atoms with E-state index in [0.717, 1.165) is 12.8 Å². The van der Waals surface area contributed by atoms with Crippen LogP contribution in [0.25, 0.3) is 0 Å². The molecule has 0 spiro atoms. The summed E-state index contributed by atoms with van der Waals surface area (Å²) in [5.41, 5.74) is 5.29. The summed E-state index contributed by atoms with van der Waals surface area (Å²) in [5.74, 6) is -0.803. The zero-order valence-electron chi connectivity index (χ0n) is 6.37. The summed E-state index contributed by atoms with van der Waals surface area (Å²) >= 11 is 0. The molecule has 0 aromatic heterocycles. The molecule has 62 valence electrons. The van der Waals surface area contributed by atoms with Crippen molar-refractivity contribution in [2.24, 2.45) is 11.7 Å². The molecular weight excluding hydrogens is 146 g/mol. The Morgan fingerprint density at radius 1 is 1.55 bits per heavy atom. The van der Waals surface area contributed by atoms with Gasteiger partial charge in [0.1, 0.15) is 0 Å². The minimum absolute atomic E-state index is 0.0177. The molecule has 0 amide bonds. The molecule has 11 heavy (non-hydrogen) atoms. The van der Waals surface area contributed by atoms with E-state index in [9.17, 15) is 9.59 Å². The number of rotatable bonds is 3. The van der Waals surface area contributed by atoms with E-state index >= 15 is 0 Å². The Kier molecular flexibility index (Phi) is 2.24. The minimum atomic E-state index is -1.06. The quantitative estimate of drug-likeness (QED) is 0.441. The van der Waals surface area contributed by atoms with Crippen LogP contribution in [0.5, 0.6) is 0 Å². The number of Topliss-reactive ketones (excluding diaryl/α,β-unsaturated/α-hetero) is 1. The average molecular weight is 157 g/mol. The van der Waals surface area contributed by atoms with Crippen LogP contribution < -0.4 is 5.73 Å². The maximum atomic E-state index is 11.1. The highest BCUT2D eigenvalue weighted by Crippen LogP contribution is 2.30.